The lowest BCUT2D eigenvalue weighted by atomic mass is 9.91. The number of hydrogen-bond donors (Lipinski definition) is 1. The van der Waals surface area contributed by atoms with E-state index >= 15 is 0 Å². The van der Waals surface area contributed by atoms with E-state index in [1.54, 1.807) is 35.5 Å². The van der Waals surface area contributed by atoms with Crippen LogP contribution in [0.1, 0.15) is 43.0 Å². The molecule has 1 N–H and O–H groups in total. The van der Waals surface area contributed by atoms with E-state index in [1.807, 2.05) is 12.1 Å². The number of nitrogens with one attached hydrogen (secondary N) is 1. The molecule has 31 heavy (non-hydrogen) atoms. The van der Waals surface area contributed by atoms with Gasteiger partial charge in [-0.15, -0.1) is 0 Å². The van der Waals surface area contributed by atoms with Crippen LogP contribution in [0, 0.1) is 0 Å². The molecule has 0 atom stereocenters. The quantitative estimate of drug-likeness (QED) is 0.698. The SMILES string of the molecule is CN1CCc2ncnc(NC3CCC(n4nc(-c5cccnc5)ccc4=O)CC3)c2C1. The van der Waals surface area contributed by atoms with Crippen molar-refractivity contribution in [2.75, 3.05) is 18.9 Å². The predicted molar refractivity (Wildman–Crippen MR) is 119 cm³/mol. The molecule has 0 aromatic carbocycles. The van der Waals surface area contributed by atoms with Gasteiger partial charge in [-0.25, -0.2) is 14.6 Å². The summed E-state index contributed by atoms with van der Waals surface area (Å²) in [4.78, 5) is 28.0. The molecule has 0 saturated heterocycles. The molecule has 0 unspecified atom stereocenters. The Balaban J connectivity index is 1.28. The number of pyridine rings is 1. The van der Waals surface area contributed by atoms with Gasteiger partial charge in [0.05, 0.1) is 17.4 Å². The highest BCUT2D eigenvalue weighted by molar-refractivity contribution is 5.56. The zero-order valence-corrected chi connectivity index (χ0v) is 17.7. The van der Waals surface area contributed by atoms with Gasteiger partial charge in [0.25, 0.3) is 5.56 Å². The zero-order valence-electron chi connectivity index (χ0n) is 17.7. The van der Waals surface area contributed by atoms with Crippen LogP contribution in [0.15, 0.2) is 47.8 Å². The summed E-state index contributed by atoms with van der Waals surface area (Å²) >= 11 is 0. The van der Waals surface area contributed by atoms with Crippen molar-refractivity contribution in [1.82, 2.24) is 29.6 Å². The third-order valence-electron chi connectivity index (χ3n) is 6.36. The van der Waals surface area contributed by atoms with E-state index < -0.39 is 0 Å². The van der Waals surface area contributed by atoms with E-state index in [2.05, 4.69) is 37.3 Å². The minimum atomic E-state index is -0.0445. The van der Waals surface area contributed by atoms with Gasteiger partial charge in [-0.2, -0.15) is 5.10 Å². The number of anilines is 1. The van der Waals surface area contributed by atoms with Gasteiger partial charge in [0.1, 0.15) is 12.1 Å². The first-order chi connectivity index (χ1) is 15.2. The molecule has 5 rings (SSSR count). The fraction of sp³-hybridized carbons (Fsp3) is 0.435. The molecule has 4 heterocycles. The molecule has 0 bridgehead atoms. The van der Waals surface area contributed by atoms with Crippen molar-refractivity contribution in [3.63, 3.8) is 0 Å². The first kappa shape index (κ1) is 19.8. The molecule has 1 aliphatic heterocycles. The van der Waals surface area contributed by atoms with Crippen molar-refractivity contribution in [3.8, 4) is 11.3 Å². The highest BCUT2D eigenvalue weighted by Crippen LogP contribution is 2.31. The molecule has 0 amide bonds. The first-order valence-corrected chi connectivity index (χ1v) is 11.0. The molecule has 1 fully saturated rings. The molecule has 0 spiro atoms. The Morgan fingerprint density at radius 2 is 1.97 bits per heavy atom. The van der Waals surface area contributed by atoms with Crippen LogP contribution in [0.3, 0.4) is 0 Å². The second kappa shape index (κ2) is 8.55. The van der Waals surface area contributed by atoms with Gasteiger partial charge in [-0.3, -0.25) is 9.78 Å². The zero-order chi connectivity index (χ0) is 21.2. The number of hydrogen-bond acceptors (Lipinski definition) is 7. The Kier molecular flexibility index (Phi) is 5.46. The van der Waals surface area contributed by atoms with Crippen molar-refractivity contribution in [1.29, 1.82) is 0 Å². The lowest BCUT2D eigenvalue weighted by Gasteiger charge is -2.31. The number of rotatable bonds is 4. The summed E-state index contributed by atoms with van der Waals surface area (Å²) in [7, 11) is 2.13. The van der Waals surface area contributed by atoms with Gasteiger partial charge in [0.15, 0.2) is 0 Å². The fourth-order valence-corrected chi connectivity index (χ4v) is 4.61. The van der Waals surface area contributed by atoms with E-state index in [0.717, 1.165) is 68.0 Å². The van der Waals surface area contributed by atoms with Gasteiger partial charge >= 0.3 is 0 Å². The van der Waals surface area contributed by atoms with Gasteiger partial charge in [-0.1, -0.05) is 0 Å². The molecule has 160 valence electrons. The van der Waals surface area contributed by atoms with Crippen molar-refractivity contribution >= 4 is 5.82 Å². The van der Waals surface area contributed by atoms with Crippen molar-refractivity contribution < 1.29 is 0 Å². The normalized spacial score (nSPS) is 21.5. The number of nitrogens with zero attached hydrogens (tertiary/aromatic N) is 6. The molecule has 2 aliphatic rings. The monoisotopic (exact) mass is 417 g/mol. The van der Waals surface area contributed by atoms with Crippen LogP contribution in [0.25, 0.3) is 11.3 Å². The highest BCUT2D eigenvalue weighted by Gasteiger charge is 2.26. The van der Waals surface area contributed by atoms with Crippen LogP contribution in [0.4, 0.5) is 5.82 Å². The minimum absolute atomic E-state index is 0.0445. The summed E-state index contributed by atoms with van der Waals surface area (Å²) in [6.07, 6.45) is 9.93. The second-order valence-corrected chi connectivity index (χ2v) is 8.53. The average molecular weight is 418 g/mol. The molecule has 0 radical (unpaired) electrons. The Labute approximate surface area is 181 Å². The topological polar surface area (TPSA) is 88.8 Å². The third-order valence-corrected chi connectivity index (χ3v) is 6.36. The fourth-order valence-electron chi connectivity index (χ4n) is 4.61. The average Bonchev–Trinajstić information content (AvgIpc) is 2.81. The number of aromatic nitrogens is 5. The molecular weight excluding hydrogens is 390 g/mol. The Hall–Kier alpha value is -3.13. The van der Waals surface area contributed by atoms with Crippen molar-refractivity contribution in [2.45, 2.75) is 50.7 Å². The largest absolute Gasteiger partial charge is 0.367 e. The number of likely N-dealkylation sites (N-methyl/N-ethyl adjacent to an activating group) is 1. The van der Waals surface area contributed by atoms with Crippen LogP contribution in [0.5, 0.6) is 0 Å². The maximum absolute atomic E-state index is 12.5. The highest BCUT2D eigenvalue weighted by atomic mass is 16.1. The summed E-state index contributed by atoms with van der Waals surface area (Å²) in [5, 5.41) is 8.32. The molecule has 8 heteroatoms. The van der Waals surface area contributed by atoms with Crippen LogP contribution < -0.4 is 10.9 Å². The lowest BCUT2D eigenvalue weighted by Crippen LogP contribution is -2.34. The molecule has 1 aliphatic carbocycles. The maximum Gasteiger partial charge on any atom is 0.267 e. The summed E-state index contributed by atoms with van der Waals surface area (Å²) < 4.78 is 1.67. The van der Waals surface area contributed by atoms with Crippen LogP contribution in [-0.2, 0) is 13.0 Å². The van der Waals surface area contributed by atoms with Crippen LogP contribution >= 0.6 is 0 Å². The van der Waals surface area contributed by atoms with Crippen molar-refractivity contribution in [2.24, 2.45) is 0 Å². The Bertz CT molecular complexity index is 1110. The summed E-state index contributed by atoms with van der Waals surface area (Å²) in [6.45, 7) is 1.92. The number of fused-ring (bicyclic) bond motifs is 1. The maximum atomic E-state index is 12.5. The van der Waals surface area contributed by atoms with Crippen molar-refractivity contribution in [3.05, 3.63) is 64.6 Å². The Morgan fingerprint density at radius 3 is 2.77 bits per heavy atom. The van der Waals surface area contributed by atoms with E-state index in [9.17, 15) is 4.79 Å². The molecule has 8 nitrogen and oxygen atoms in total. The second-order valence-electron chi connectivity index (χ2n) is 8.53. The van der Waals surface area contributed by atoms with E-state index in [-0.39, 0.29) is 11.6 Å². The Morgan fingerprint density at radius 1 is 1.10 bits per heavy atom. The van der Waals surface area contributed by atoms with Gasteiger partial charge < -0.3 is 10.2 Å². The standard InChI is InChI=1S/C23H27N7O/c1-29-12-10-21-19(14-29)23(26-15-25-21)27-17-4-6-18(7-5-17)30-22(31)9-8-20(28-30)16-3-2-11-24-13-16/h2-3,8-9,11,13,15,17-18H,4-7,10,12,14H2,1H3,(H,25,26,27). The van der Waals surface area contributed by atoms with E-state index in [4.69, 9.17) is 0 Å². The van der Waals surface area contributed by atoms with Gasteiger partial charge in [0, 0.05) is 55.1 Å². The van der Waals surface area contributed by atoms with Crippen LogP contribution in [0.2, 0.25) is 0 Å². The summed E-state index contributed by atoms with van der Waals surface area (Å²) in [5.41, 5.74) is 4.04. The molecule has 3 aromatic heterocycles. The van der Waals surface area contributed by atoms with E-state index in [0.29, 0.717) is 6.04 Å². The first-order valence-electron chi connectivity index (χ1n) is 11.0. The van der Waals surface area contributed by atoms with Gasteiger partial charge in [-0.05, 0) is 50.9 Å². The summed E-state index contributed by atoms with van der Waals surface area (Å²) in [6, 6.07) is 7.70. The third kappa shape index (κ3) is 4.20. The van der Waals surface area contributed by atoms with Crippen LogP contribution in [-0.4, -0.2) is 49.3 Å². The van der Waals surface area contributed by atoms with E-state index in [1.165, 1.54) is 5.56 Å². The minimum Gasteiger partial charge on any atom is -0.367 e. The molecular formula is C23H27N7O. The molecule has 3 aromatic rings. The smallest absolute Gasteiger partial charge is 0.267 e. The summed E-state index contributed by atoms with van der Waals surface area (Å²) in [5.74, 6) is 0.967. The molecule has 1 saturated carbocycles. The van der Waals surface area contributed by atoms with Gasteiger partial charge in [0.2, 0.25) is 0 Å². The predicted octanol–water partition coefficient (Wildman–Crippen LogP) is 2.68. The lowest BCUT2D eigenvalue weighted by molar-refractivity contribution is 0.301.